The molecule has 3 heterocycles. The van der Waals surface area contributed by atoms with Crippen molar-refractivity contribution in [3.05, 3.63) is 22.7 Å². The number of piperazine rings is 1. The van der Waals surface area contributed by atoms with Crippen LogP contribution in [0.1, 0.15) is 29.6 Å². The number of nitrogens with zero attached hydrogens (tertiary/aromatic N) is 2. The monoisotopic (exact) mass is 500 g/mol. The van der Waals surface area contributed by atoms with E-state index in [0.29, 0.717) is 67.3 Å². The summed E-state index contributed by atoms with van der Waals surface area (Å²) in [5, 5.41) is 6.64. The third kappa shape index (κ3) is 6.51. The zero-order valence-electron chi connectivity index (χ0n) is 18.9. The van der Waals surface area contributed by atoms with Crippen molar-refractivity contribution >= 4 is 27.5 Å². The fraction of sp³-hybridized carbons (Fsp3) is 0.682. The summed E-state index contributed by atoms with van der Waals surface area (Å²) < 4.78 is 37.7. The summed E-state index contributed by atoms with van der Waals surface area (Å²) in [6, 6.07) is 3.28. The topological polar surface area (TPSA) is 100 Å². The van der Waals surface area contributed by atoms with Crippen LogP contribution < -0.4 is 20.1 Å². The summed E-state index contributed by atoms with van der Waals surface area (Å²) in [4.78, 5) is 15.1. The maximum Gasteiger partial charge on any atom is 0.255 e. The predicted molar refractivity (Wildman–Crippen MR) is 127 cm³/mol. The number of likely N-dealkylation sites (tertiary alicyclic amines) is 1. The number of rotatable bonds is 8. The number of sulfonamides is 1. The van der Waals surface area contributed by atoms with E-state index >= 15 is 0 Å². The van der Waals surface area contributed by atoms with Crippen LogP contribution in [0.2, 0.25) is 5.02 Å². The Morgan fingerprint density at radius 1 is 1.12 bits per heavy atom. The number of benzene rings is 1. The van der Waals surface area contributed by atoms with Crippen LogP contribution in [0.15, 0.2) is 12.1 Å². The Morgan fingerprint density at radius 2 is 1.85 bits per heavy atom. The number of halogens is 1. The first-order valence-corrected chi connectivity index (χ1v) is 13.7. The van der Waals surface area contributed by atoms with Crippen LogP contribution in [0.3, 0.4) is 0 Å². The highest BCUT2D eigenvalue weighted by molar-refractivity contribution is 7.89. The fourth-order valence-corrected chi connectivity index (χ4v) is 6.26. The Hall–Kier alpha value is -1.59. The Balaban J connectivity index is 1.18. The average Bonchev–Trinajstić information content (AvgIpc) is 2.83. The number of hydrogen-bond acceptors (Lipinski definition) is 7. The third-order valence-electron chi connectivity index (χ3n) is 6.46. The first-order valence-electron chi connectivity index (χ1n) is 11.7. The van der Waals surface area contributed by atoms with Gasteiger partial charge in [-0.25, -0.2) is 8.42 Å². The quantitative estimate of drug-likeness (QED) is 0.552. The molecule has 0 aliphatic carbocycles. The number of carbonyl (C=O) groups excluding carboxylic acids is 1. The van der Waals surface area contributed by atoms with Gasteiger partial charge in [-0.2, -0.15) is 4.31 Å². The number of carbonyl (C=O) groups is 1. The zero-order valence-corrected chi connectivity index (χ0v) is 20.4. The van der Waals surface area contributed by atoms with Crippen LogP contribution in [0.4, 0.5) is 0 Å². The highest BCUT2D eigenvalue weighted by atomic mass is 35.5. The van der Waals surface area contributed by atoms with E-state index in [4.69, 9.17) is 21.1 Å². The van der Waals surface area contributed by atoms with Crippen molar-refractivity contribution < 1.29 is 22.7 Å². The largest absolute Gasteiger partial charge is 0.486 e. The Labute approximate surface area is 200 Å². The molecule has 0 atom stereocenters. The summed E-state index contributed by atoms with van der Waals surface area (Å²) in [5.41, 5.74) is 0.403. The lowest BCUT2D eigenvalue weighted by Crippen LogP contribution is -2.47. The Bertz CT molecular complexity index is 931. The lowest BCUT2D eigenvalue weighted by atomic mass is 9.96. The van der Waals surface area contributed by atoms with Gasteiger partial charge in [0.1, 0.15) is 13.2 Å². The van der Waals surface area contributed by atoms with Gasteiger partial charge in [0.05, 0.1) is 11.3 Å². The van der Waals surface area contributed by atoms with E-state index in [2.05, 4.69) is 15.5 Å². The summed E-state index contributed by atoms with van der Waals surface area (Å²) in [7, 11) is -3.16. The van der Waals surface area contributed by atoms with Crippen molar-refractivity contribution in [2.75, 3.05) is 71.3 Å². The molecule has 3 aliphatic rings. The minimum Gasteiger partial charge on any atom is -0.486 e. The smallest absolute Gasteiger partial charge is 0.255 e. The van der Waals surface area contributed by atoms with Gasteiger partial charge in [0.2, 0.25) is 10.0 Å². The zero-order chi connectivity index (χ0) is 23.3. The normalized spacial score (nSPS) is 20.5. The highest BCUT2D eigenvalue weighted by Gasteiger charge is 2.26. The molecule has 2 N–H and O–H groups in total. The molecular formula is C22H33ClN4O5S. The van der Waals surface area contributed by atoms with Crippen LogP contribution in [-0.4, -0.2) is 94.9 Å². The van der Waals surface area contributed by atoms with Crippen LogP contribution in [0.5, 0.6) is 11.5 Å². The van der Waals surface area contributed by atoms with Gasteiger partial charge in [0, 0.05) is 43.8 Å². The van der Waals surface area contributed by atoms with Gasteiger partial charge in [0.15, 0.2) is 11.5 Å². The maximum absolute atomic E-state index is 12.8. The second kappa shape index (κ2) is 11.2. The summed E-state index contributed by atoms with van der Waals surface area (Å²) in [6.07, 6.45) is 2.59. The minimum absolute atomic E-state index is 0.207. The molecule has 184 valence electrons. The average molecular weight is 501 g/mol. The van der Waals surface area contributed by atoms with Crippen molar-refractivity contribution in [3.63, 3.8) is 0 Å². The third-order valence-corrected chi connectivity index (χ3v) is 8.63. The van der Waals surface area contributed by atoms with E-state index in [1.165, 1.54) is 0 Å². The van der Waals surface area contributed by atoms with Crippen molar-refractivity contribution in [2.24, 2.45) is 5.92 Å². The van der Waals surface area contributed by atoms with Crippen LogP contribution in [-0.2, 0) is 10.0 Å². The molecule has 11 heteroatoms. The molecule has 33 heavy (non-hydrogen) atoms. The van der Waals surface area contributed by atoms with E-state index < -0.39 is 10.0 Å². The fourth-order valence-electron chi connectivity index (χ4n) is 4.56. The van der Waals surface area contributed by atoms with Gasteiger partial charge in [-0.3, -0.25) is 4.79 Å². The van der Waals surface area contributed by atoms with E-state index in [9.17, 15) is 13.2 Å². The molecule has 1 amide bonds. The second-order valence-electron chi connectivity index (χ2n) is 8.79. The number of hydrogen-bond donors (Lipinski definition) is 2. The molecule has 0 unspecified atom stereocenters. The molecule has 2 saturated heterocycles. The second-order valence-corrected chi connectivity index (χ2v) is 11.3. The summed E-state index contributed by atoms with van der Waals surface area (Å²) in [5.74, 6) is 1.35. The van der Waals surface area contributed by atoms with Gasteiger partial charge in [-0.15, -0.1) is 0 Å². The number of amides is 1. The molecule has 0 spiro atoms. The molecule has 9 nitrogen and oxygen atoms in total. The molecule has 0 bridgehead atoms. The standard InChI is InChI=1S/C22H33ClN4O5S/c23-18-14-19(21-20(15-18)31-11-12-32-21)22(28)25-16-17-2-7-26(8-3-17)6-1-13-33(29,30)27-9-4-24-5-10-27/h14-15,17,24H,1-13,16H2,(H,25,28). The highest BCUT2D eigenvalue weighted by Crippen LogP contribution is 2.36. The molecule has 1 aromatic rings. The summed E-state index contributed by atoms with van der Waals surface area (Å²) >= 11 is 6.14. The van der Waals surface area contributed by atoms with Crippen molar-refractivity contribution in [1.29, 1.82) is 0 Å². The number of fused-ring (bicyclic) bond motifs is 1. The Kier molecular flexibility index (Phi) is 8.34. The first-order chi connectivity index (χ1) is 15.9. The summed E-state index contributed by atoms with van der Waals surface area (Å²) in [6.45, 7) is 6.64. The number of nitrogens with one attached hydrogen (secondary N) is 2. The molecule has 2 fully saturated rings. The Morgan fingerprint density at radius 3 is 2.61 bits per heavy atom. The number of piperidine rings is 1. The molecule has 1 aromatic carbocycles. The predicted octanol–water partition coefficient (Wildman–Crippen LogP) is 1.18. The van der Waals surface area contributed by atoms with E-state index in [1.54, 1.807) is 16.4 Å². The van der Waals surface area contributed by atoms with Crippen LogP contribution >= 0.6 is 11.6 Å². The van der Waals surface area contributed by atoms with Gasteiger partial charge >= 0.3 is 0 Å². The lowest BCUT2D eigenvalue weighted by Gasteiger charge is -2.32. The van der Waals surface area contributed by atoms with Gasteiger partial charge in [-0.1, -0.05) is 11.6 Å². The van der Waals surface area contributed by atoms with Crippen molar-refractivity contribution in [1.82, 2.24) is 19.8 Å². The lowest BCUT2D eigenvalue weighted by molar-refractivity contribution is 0.0925. The molecule has 4 rings (SSSR count). The van der Waals surface area contributed by atoms with E-state index in [1.807, 2.05) is 0 Å². The molecule has 0 aromatic heterocycles. The van der Waals surface area contributed by atoms with Crippen molar-refractivity contribution in [2.45, 2.75) is 19.3 Å². The van der Waals surface area contributed by atoms with Crippen LogP contribution in [0, 0.1) is 5.92 Å². The molecule has 0 saturated carbocycles. The maximum atomic E-state index is 12.8. The molecular weight excluding hydrogens is 468 g/mol. The first kappa shape index (κ1) is 24.5. The van der Waals surface area contributed by atoms with Gasteiger partial charge in [-0.05, 0) is 50.9 Å². The van der Waals surface area contributed by atoms with E-state index in [0.717, 1.165) is 45.6 Å². The van der Waals surface area contributed by atoms with Crippen molar-refractivity contribution in [3.8, 4) is 11.5 Å². The van der Waals surface area contributed by atoms with Crippen LogP contribution in [0.25, 0.3) is 0 Å². The SMILES string of the molecule is O=C(NCC1CCN(CCCS(=O)(=O)N2CCNCC2)CC1)c1cc(Cl)cc2c1OCCO2. The number of ether oxygens (including phenoxy) is 2. The molecule has 3 aliphatic heterocycles. The van der Waals surface area contributed by atoms with Gasteiger partial charge < -0.3 is 25.0 Å². The molecule has 0 radical (unpaired) electrons. The minimum atomic E-state index is -3.16. The van der Waals surface area contributed by atoms with Gasteiger partial charge in [0.25, 0.3) is 5.91 Å². The van der Waals surface area contributed by atoms with E-state index in [-0.39, 0.29) is 11.7 Å².